The number of nitrogens with one attached hydrogen (secondary N) is 2. The van der Waals surface area contributed by atoms with Gasteiger partial charge in [0.15, 0.2) is 6.29 Å². The van der Waals surface area contributed by atoms with Crippen LogP contribution < -0.4 is 10.6 Å². The molecule has 4 heteroatoms. The molecule has 3 heterocycles. The van der Waals surface area contributed by atoms with Crippen molar-refractivity contribution in [1.29, 1.82) is 0 Å². The van der Waals surface area contributed by atoms with E-state index in [0.29, 0.717) is 0 Å². The molecule has 2 atom stereocenters. The second-order valence-corrected chi connectivity index (χ2v) is 16.3. The molecule has 0 spiro atoms. The lowest BCUT2D eigenvalue weighted by Crippen LogP contribution is -2.40. The highest BCUT2D eigenvalue weighted by atomic mass is 15.3. The molecule has 0 saturated carbocycles. The van der Waals surface area contributed by atoms with Gasteiger partial charge in [-0.05, 0) is 117 Å². The predicted octanol–water partition coefficient (Wildman–Crippen LogP) is 14.5. The molecule has 0 aliphatic carbocycles. The Hall–Kier alpha value is -7.92. The van der Waals surface area contributed by atoms with Crippen LogP contribution in [0.2, 0.25) is 0 Å². The monoisotopic (exact) mass is 794 g/mol. The number of fused-ring (bicyclic) bond motifs is 6. The number of hydrogen-bond donors (Lipinski definition) is 2. The van der Waals surface area contributed by atoms with Gasteiger partial charge >= 0.3 is 0 Å². The van der Waals surface area contributed by atoms with Crippen molar-refractivity contribution in [2.75, 3.05) is 0 Å². The molecule has 0 fully saturated rings. The van der Waals surface area contributed by atoms with E-state index in [1.165, 1.54) is 93.7 Å². The number of aromatic nitrogens is 2. The van der Waals surface area contributed by atoms with Gasteiger partial charge in [0.2, 0.25) is 0 Å². The van der Waals surface area contributed by atoms with Gasteiger partial charge < -0.3 is 14.5 Å². The van der Waals surface area contributed by atoms with E-state index in [-0.39, 0.29) is 12.3 Å². The third kappa shape index (κ3) is 6.20. The van der Waals surface area contributed by atoms with Crippen molar-refractivity contribution in [3.8, 4) is 50.2 Å². The van der Waals surface area contributed by atoms with E-state index < -0.39 is 0 Å². The maximum atomic E-state index is 3.94. The molecular formula is C58H42N4. The maximum absolute atomic E-state index is 3.94. The smallest absolute Gasteiger partial charge is 0.160 e. The first kappa shape index (κ1) is 36.0. The third-order valence-corrected chi connectivity index (χ3v) is 12.7. The summed E-state index contributed by atoms with van der Waals surface area (Å²) < 4.78 is 4.81. The molecule has 0 radical (unpaired) electrons. The molecule has 2 N–H and O–H groups in total. The highest BCUT2D eigenvalue weighted by molar-refractivity contribution is 6.12. The van der Waals surface area contributed by atoms with Gasteiger partial charge in [-0.25, -0.2) is 0 Å². The summed E-state index contributed by atoms with van der Waals surface area (Å²) in [6, 6.07) is 79.3. The first-order valence-electron chi connectivity index (χ1n) is 21.4. The summed E-state index contributed by atoms with van der Waals surface area (Å²) in [7, 11) is 0. The van der Waals surface area contributed by atoms with Gasteiger partial charge in [0.25, 0.3) is 0 Å². The average Bonchev–Trinajstić information content (AvgIpc) is 3.87. The van der Waals surface area contributed by atoms with E-state index in [0.717, 1.165) is 5.69 Å². The predicted molar refractivity (Wildman–Crippen MR) is 259 cm³/mol. The van der Waals surface area contributed by atoms with Crippen LogP contribution in [0.5, 0.6) is 0 Å². The second kappa shape index (κ2) is 15.0. The molecule has 2 unspecified atom stereocenters. The molecule has 1 aliphatic rings. The third-order valence-electron chi connectivity index (χ3n) is 12.7. The quantitative estimate of drug-likeness (QED) is 0.168. The van der Waals surface area contributed by atoms with Crippen LogP contribution in [0.25, 0.3) is 93.8 Å². The van der Waals surface area contributed by atoms with Gasteiger partial charge in [-0.1, -0.05) is 164 Å². The summed E-state index contributed by atoms with van der Waals surface area (Å²) >= 11 is 0. The fourth-order valence-corrected chi connectivity index (χ4v) is 9.60. The van der Waals surface area contributed by atoms with Gasteiger partial charge in [-0.15, -0.1) is 0 Å². The Morgan fingerprint density at radius 1 is 0.339 bits per heavy atom. The molecule has 12 rings (SSSR count). The molecular weight excluding hydrogens is 753 g/mol. The second-order valence-electron chi connectivity index (χ2n) is 16.3. The highest BCUT2D eigenvalue weighted by Gasteiger charge is 2.24. The summed E-state index contributed by atoms with van der Waals surface area (Å²) in [6.07, 6.45) is 4.16. The zero-order chi connectivity index (χ0) is 41.0. The minimum atomic E-state index is -0.156. The fraction of sp³-hybridized carbons (Fsp3) is 0.0345. The van der Waals surface area contributed by atoms with Crippen LogP contribution >= 0.6 is 0 Å². The van der Waals surface area contributed by atoms with E-state index in [1.54, 1.807) is 0 Å². The molecule has 9 aromatic carbocycles. The topological polar surface area (TPSA) is 33.9 Å². The SMILES string of the molecule is C1=CC(c2cccc(-c3ccc(-c4ccccc4)cc3)c2)NC(n2c3ccccc3c3cc(-c4ccc5c(c4)c4ccccc4n5-c4ccc(-c5ccccc5)cc4)ccc32)N1. The Balaban J connectivity index is 0.873. The van der Waals surface area contributed by atoms with Crippen molar-refractivity contribution >= 4 is 43.6 Å². The molecule has 2 aromatic heterocycles. The first-order valence-corrected chi connectivity index (χ1v) is 21.4. The molecule has 294 valence electrons. The van der Waals surface area contributed by atoms with E-state index in [2.05, 4.69) is 250 Å². The van der Waals surface area contributed by atoms with E-state index in [4.69, 9.17) is 0 Å². The Morgan fingerprint density at radius 2 is 0.790 bits per heavy atom. The van der Waals surface area contributed by atoms with Crippen molar-refractivity contribution in [2.45, 2.75) is 12.3 Å². The largest absolute Gasteiger partial charge is 0.359 e. The Labute approximate surface area is 360 Å². The zero-order valence-electron chi connectivity index (χ0n) is 34.0. The molecule has 4 nitrogen and oxygen atoms in total. The van der Waals surface area contributed by atoms with Gasteiger partial charge in [-0.3, -0.25) is 5.32 Å². The maximum Gasteiger partial charge on any atom is 0.160 e. The van der Waals surface area contributed by atoms with Crippen LogP contribution in [-0.2, 0) is 0 Å². The van der Waals surface area contributed by atoms with E-state index in [1.807, 2.05) is 0 Å². The summed E-state index contributed by atoms with van der Waals surface area (Å²) in [6.45, 7) is 0. The Bertz CT molecular complexity index is 3450. The van der Waals surface area contributed by atoms with Crippen LogP contribution in [0.15, 0.2) is 231 Å². The molecule has 1 aliphatic heterocycles. The number of para-hydroxylation sites is 2. The summed E-state index contributed by atoms with van der Waals surface area (Å²) in [4.78, 5) is 0. The summed E-state index contributed by atoms with van der Waals surface area (Å²) in [5, 5.41) is 12.5. The van der Waals surface area contributed by atoms with Crippen molar-refractivity contribution in [1.82, 2.24) is 19.8 Å². The van der Waals surface area contributed by atoms with Crippen LogP contribution in [0.4, 0.5) is 0 Å². The lowest BCUT2D eigenvalue weighted by molar-refractivity contribution is 0.342. The van der Waals surface area contributed by atoms with Crippen molar-refractivity contribution < 1.29 is 0 Å². The molecule has 11 aromatic rings. The Kier molecular flexibility index (Phi) is 8.68. The van der Waals surface area contributed by atoms with Gasteiger partial charge in [0, 0.05) is 27.2 Å². The number of nitrogens with zero attached hydrogens (tertiary/aromatic N) is 2. The zero-order valence-corrected chi connectivity index (χ0v) is 34.0. The van der Waals surface area contributed by atoms with Crippen LogP contribution in [0.1, 0.15) is 17.9 Å². The number of rotatable bonds is 7. The lowest BCUT2D eigenvalue weighted by Gasteiger charge is -2.31. The molecule has 0 bridgehead atoms. The minimum absolute atomic E-state index is 0.0240. The molecule has 0 saturated heterocycles. The minimum Gasteiger partial charge on any atom is -0.359 e. The lowest BCUT2D eigenvalue weighted by atomic mass is 9.97. The Morgan fingerprint density at radius 3 is 1.47 bits per heavy atom. The first-order chi connectivity index (χ1) is 30.7. The van der Waals surface area contributed by atoms with Crippen molar-refractivity contribution in [3.05, 3.63) is 236 Å². The highest BCUT2D eigenvalue weighted by Crippen LogP contribution is 2.39. The number of benzene rings is 9. The molecule has 0 amide bonds. The van der Waals surface area contributed by atoms with E-state index in [9.17, 15) is 0 Å². The van der Waals surface area contributed by atoms with Gasteiger partial charge in [0.1, 0.15) is 0 Å². The summed E-state index contributed by atoms with van der Waals surface area (Å²) in [5.74, 6) is 0. The van der Waals surface area contributed by atoms with Crippen LogP contribution in [0, 0.1) is 0 Å². The average molecular weight is 795 g/mol. The van der Waals surface area contributed by atoms with E-state index >= 15 is 0 Å². The number of hydrogen-bond acceptors (Lipinski definition) is 2. The van der Waals surface area contributed by atoms with Gasteiger partial charge in [0.05, 0.1) is 28.1 Å². The van der Waals surface area contributed by atoms with Crippen molar-refractivity contribution in [2.24, 2.45) is 0 Å². The fourth-order valence-electron chi connectivity index (χ4n) is 9.60. The van der Waals surface area contributed by atoms with Gasteiger partial charge in [-0.2, -0.15) is 0 Å². The molecule has 62 heavy (non-hydrogen) atoms. The normalized spacial score (nSPS) is 15.1. The van der Waals surface area contributed by atoms with Crippen molar-refractivity contribution in [3.63, 3.8) is 0 Å². The standard InChI is InChI=1S/C58H42N4/c1-3-12-39(13-4-1)41-22-24-43(25-23-41)44-16-11-17-47(36-44)53-34-35-59-58(60-53)62-55-21-10-8-19-50(55)52-38-46(29-33-57(52)62)45-28-32-56-51(37-45)49-18-7-9-20-54(49)61(56)48-30-26-42(27-31-48)40-14-5-2-6-15-40/h1-38,53,58-60H. The summed E-state index contributed by atoms with van der Waals surface area (Å²) in [5.41, 5.74) is 16.8. The van der Waals surface area contributed by atoms with Crippen LogP contribution in [0.3, 0.4) is 0 Å². The van der Waals surface area contributed by atoms with Crippen LogP contribution in [-0.4, -0.2) is 9.13 Å².